The Labute approximate surface area is 120 Å². The van der Waals surface area contributed by atoms with Crippen molar-refractivity contribution in [3.8, 4) is 0 Å². The molecule has 3 nitrogen and oxygen atoms in total. The van der Waals surface area contributed by atoms with Crippen LogP contribution in [0.25, 0.3) is 9.40 Å². The number of rotatable bonds is 4. The number of aromatic nitrogens is 2. The van der Waals surface area contributed by atoms with Gasteiger partial charge in [0.2, 0.25) is 0 Å². The van der Waals surface area contributed by atoms with Crippen LogP contribution in [0.3, 0.4) is 0 Å². The number of aryl methyl sites for hydroxylation is 2. The fourth-order valence-corrected chi connectivity index (χ4v) is 4.35. The minimum atomic E-state index is 0.0599. The average molecular weight is 291 g/mol. The van der Waals surface area contributed by atoms with Crippen LogP contribution in [0, 0.1) is 0 Å². The molecule has 3 aromatic rings. The summed E-state index contributed by atoms with van der Waals surface area (Å²) in [5, 5.41) is 6.61. The maximum Gasteiger partial charge on any atom is 0.0624 e. The Balaban J connectivity index is 1.82. The summed E-state index contributed by atoms with van der Waals surface area (Å²) in [6.07, 6.45) is 1.81. The van der Waals surface area contributed by atoms with Crippen molar-refractivity contribution in [1.82, 2.24) is 9.78 Å². The molecule has 0 aliphatic heterocycles. The van der Waals surface area contributed by atoms with E-state index in [2.05, 4.69) is 35.6 Å². The molecule has 1 atom stereocenters. The molecule has 0 aliphatic rings. The standard InChI is InChI=1S/C14H17N3S2/c1-3-9-6-10(17(2)16-9)7-11(15)13-8-14-12(19-13)4-5-18-14/h4-6,8,11H,3,7,15H2,1-2H3. The van der Waals surface area contributed by atoms with E-state index in [1.54, 1.807) is 22.7 Å². The number of fused-ring (bicyclic) bond motifs is 1. The van der Waals surface area contributed by atoms with Gasteiger partial charge in [0.15, 0.2) is 0 Å². The first-order valence-electron chi connectivity index (χ1n) is 6.41. The molecule has 0 bridgehead atoms. The van der Waals surface area contributed by atoms with Crippen molar-refractivity contribution in [2.24, 2.45) is 12.8 Å². The Morgan fingerprint density at radius 1 is 1.37 bits per heavy atom. The van der Waals surface area contributed by atoms with Crippen molar-refractivity contribution in [2.75, 3.05) is 0 Å². The van der Waals surface area contributed by atoms with Gasteiger partial charge >= 0.3 is 0 Å². The number of hydrogen-bond acceptors (Lipinski definition) is 4. The number of nitrogens with two attached hydrogens (primary N) is 1. The molecule has 0 amide bonds. The van der Waals surface area contributed by atoms with Crippen LogP contribution in [0.1, 0.15) is 29.2 Å². The summed E-state index contributed by atoms with van der Waals surface area (Å²) in [5.41, 5.74) is 8.69. The number of nitrogens with zero attached hydrogens (tertiary/aromatic N) is 2. The van der Waals surface area contributed by atoms with Gasteiger partial charge in [-0.05, 0) is 30.0 Å². The van der Waals surface area contributed by atoms with Crippen molar-refractivity contribution in [1.29, 1.82) is 0 Å². The predicted octanol–water partition coefficient (Wildman–Crippen LogP) is 3.50. The molecule has 0 aliphatic carbocycles. The van der Waals surface area contributed by atoms with Gasteiger partial charge in [-0.25, -0.2) is 0 Å². The van der Waals surface area contributed by atoms with E-state index < -0.39 is 0 Å². The third kappa shape index (κ3) is 2.45. The van der Waals surface area contributed by atoms with E-state index in [4.69, 9.17) is 5.73 Å². The van der Waals surface area contributed by atoms with Crippen molar-refractivity contribution < 1.29 is 0 Å². The van der Waals surface area contributed by atoms with Gasteiger partial charge in [-0.2, -0.15) is 5.10 Å². The lowest BCUT2D eigenvalue weighted by Gasteiger charge is -2.09. The van der Waals surface area contributed by atoms with Crippen LogP contribution < -0.4 is 5.73 Å². The lowest BCUT2D eigenvalue weighted by molar-refractivity contribution is 0.644. The van der Waals surface area contributed by atoms with E-state index in [1.807, 2.05) is 11.7 Å². The maximum absolute atomic E-state index is 6.34. The first-order chi connectivity index (χ1) is 9.17. The summed E-state index contributed by atoms with van der Waals surface area (Å²) in [4.78, 5) is 1.26. The van der Waals surface area contributed by atoms with Gasteiger partial charge in [0.05, 0.1) is 5.69 Å². The van der Waals surface area contributed by atoms with Gasteiger partial charge in [0.1, 0.15) is 0 Å². The Kier molecular flexibility index (Phi) is 3.43. The quantitative estimate of drug-likeness (QED) is 0.799. The van der Waals surface area contributed by atoms with E-state index in [9.17, 15) is 0 Å². The zero-order valence-corrected chi connectivity index (χ0v) is 12.7. The lowest BCUT2D eigenvalue weighted by atomic mass is 10.1. The van der Waals surface area contributed by atoms with Crippen LogP contribution >= 0.6 is 22.7 Å². The molecular weight excluding hydrogens is 274 g/mol. The minimum Gasteiger partial charge on any atom is -0.323 e. The van der Waals surface area contributed by atoms with E-state index in [1.165, 1.54) is 20.0 Å². The molecule has 0 fully saturated rings. The van der Waals surface area contributed by atoms with Gasteiger partial charge in [0.25, 0.3) is 0 Å². The van der Waals surface area contributed by atoms with Crippen LogP contribution in [-0.2, 0) is 19.9 Å². The molecule has 19 heavy (non-hydrogen) atoms. The Bertz CT molecular complexity index is 664. The molecule has 2 N–H and O–H groups in total. The summed E-state index contributed by atoms with van der Waals surface area (Å²) in [6.45, 7) is 2.12. The molecule has 5 heteroatoms. The third-order valence-electron chi connectivity index (χ3n) is 3.34. The fourth-order valence-electron chi connectivity index (χ4n) is 2.23. The Morgan fingerprint density at radius 3 is 2.89 bits per heavy atom. The summed E-state index contributed by atoms with van der Waals surface area (Å²) >= 11 is 3.59. The molecule has 0 radical (unpaired) electrons. The molecule has 3 heterocycles. The highest BCUT2D eigenvalue weighted by Crippen LogP contribution is 2.33. The molecular formula is C14H17N3S2. The van der Waals surface area contributed by atoms with Crippen molar-refractivity contribution in [3.05, 3.63) is 39.8 Å². The summed E-state index contributed by atoms with van der Waals surface area (Å²) in [5.74, 6) is 0. The van der Waals surface area contributed by atoms with Crippen LogP contribution in [-0.4, -0.2) is 9.78 Å². The van der Waals surface area contributed by atoms with Crippen LogP contribution in [0.15, 0.2) is 23.6 Å². The third-order valence-corrected chi connectivity index (χ3v) is 5.57. The van der Waals surface area contributed by atoms with Gasteiger partial charge in [-0.1, -0.05) is 6.92 Å². The first-order valence-corrected chi connectivity index (χ1v) is 8.11. The van der Waals surface area contributed by atoms with Crippen molar-refractivity contribution in [2.45, 2.75) is 25.8 Å². The van der Waals surface area contributed by atoms with E-state index in [-0.39, 0.29) is 6.04 Å². The summed E-state index contributed by atoms with van der Waals surface area (Å²) in [6, 6.07) is 6.62. The van der Waals surface area contributed by atoms with E-state index in [0.717, 1.165) is 18.5 Å². The second-order valence-electron chi connectivity index (χ2n) is 4.71. The Hall–Kier alpha value is -1.17. The highest BCUT2D eigenvalue weighted by Gasteiger charge is 2.14. The second kappa shape index (κ2) is 5.07. The second-order valence-corrected chi connectivity index (χ2v) is 6.78. The zero-order valence-electron chi connectivity index (χ0n) is 11.1. The Morgan fingerprint density at radius 2 is 2.21 bits per heavy atom. The average Bonchev–Trinajstić information content (AvgIpc) is 3.03. The normalized spacial score (nSPS) is 13.2. The maximum atomic E-state index is 6.34. The van der Waals surface area contributed by atoms with Crippen LogP contribution in [0.4, 0.5) is 0 Å². The monoisotopic (exact) mass is 291 g/mol. The number of thiophene rings is 2. The summed E-state index contributed by atoms with van der Waals surface area (Å²) < 4.78 is 4.64. The van der Waals surface area contributed by atoms with E-state index in [0.29, 0.717) is 0 Å². The van der Waals surface area contributed by atoms with Crippen molar-refractivity contribution in [3.63, 3.8) is 0 Å². The smallest absolute Gasteiger partial charge is 0.0624 e. The predicted molar refractivity (Wildman–Crippen MR) is 82.9 cm³/mol. The molecule has 0 saturated carbocycles. The largest absolute Gasteiger partial charge is 0.323 e. The van der Waals surface area contributed by atoms with E-state index >= 15 is 0 Å². The van der Waals surface area contributed by atoms with Crippen molar-refractivity contribution >= 4 is 32.1 Å². The van der Waals surface area contributed by atoms with Crippen LogP contribution in [0.2, 0.25) is 0 Å². The highest BCUT2D eigenvalue weighted by molar-refractivity contribution is 7.26. The summed E-state index contributed by atoms with van der Waals surface area (Å²) in [7, 11) is 1.99. The van der Waals surface area contributed by atoms with Gasteiger partial charge in [-0.3, -0.25) is 4.68 Å². The fraction of sp³-hybridized carbons (Fsp3) is 0.357. The first kappa shape index (κ1) is 12.8. The minimum absolute atomic E-state index is 0.0599. The molecule has 3 aromatic heterocycles. The van der Waals surface area contributed by atoms with Gasteiger partial charge < -0.3 is 5.73 Å². The van der Waals surface area contributed by atoms with Gasteiger partial charge in [-0.15, -0.1) is 22.7 Å². The molecule has 0 aromatic carbocycles. The molecule has 0 saturated heterocycles. The zero-order chi connectivity index (χ0) is 13.4. The molecule has 1 unspecified atom stereocenters. The number of hydrogen-bond donors (Lipinski definition) is 1. The molecule has 100 valence electrons. The lowest BCUT2D eigenvalue weighted by Crippen LogP contribution is -2.14. The highest BCUT2D eigenvalue weighted by atomic mass is 32.1. The molecule has 3 rings (SSSR count). The van der Waals surface area contributed by atoms with Crippen LogP contribution in [0.5, 0.6) is 0 Å². The SMILES string of the molecule is CCc1cc(CC(N)c2cc3sccc3s2)n(C)n1. The molecule has 0 spiro atoms. The topological polar surface area (TPSA) is 43.8 Å². The van der Waals surface area contributed by atoms with Gasteiger partial charge in [0, 0.05) is 39.5 Å².